The lowest BCUT2D eigenvalue weighted by atomic mass is 10.0. The molecule has 1 aromatic heterocycles. The third kappa shape index (κ3) is 3.96. The highest BCUT2D eigenvalue weighted by atomic mass is 32.2. The number of aromatic nitrogens is 2. The summed E-state index contributed by atoms with van der Waals surface area (Å²) in [5.74, 6) is 1.88. The third-order valence-electron chi connectivity index (χ3n) is 3.16. The number of thioether (sulfide) groups is 1. The van der Waals surface area contributed by atoms with E-state index < -0.39 is 0 Å². The van der Waals surface area contributed by atoms with Crippen LogP contribution >= 0.6 is 11.8 Å². The van der Waals surface area contributed by atoms with Gasteiger partial charge in [0, 0.05) is 17.5 Å². The number of nitrogens with two attached hydrogens (primary N) is 1. The van der Waals surface area contributed by atoms with E-state index in [0.29, 0.717) is 6.54 Å². The van der Waals surface area contributed by atoms with Crippen LogP contribution in [0, 0.1) is 6.92 Å². The molecule has 2 N–H and O–H groups in total. The zero-order valence-corrected chi connectivity index (χ0v) is 11.3. The van der Waals surface area contributed by atoms with E-state index in [2.05, 4.69) is 9.97 Å². The molecule has 0 aromatic carbocycles. The first-order valence-corrected chi connectivity index (χ1v) is 7.48. The molecule has 0 atom stereocenters. The molecule has 0 radical (unpaired) electrons. The molecule has 0 bridgehead atoms. The maximum atomic E-state index is 5.63. The highest BCUT2D eigenvalue weighted by molar-refractivity contribution is 7.99. The summed E-state index contributed by atoms with van der Waals surface area (Å²) in [6.45, 7) is 2.51. The van der Waals surface area contributed by atoms with Crippen molar-refractivity contribution < 1.29 is 0 Å². The molecule has 0 unspecified atom stereocenters. The fourth-order valence-electron chi connectivity index (χ4n) is 2.29. The predicted molar refractivity (Wildman–Crippen MR) is 72.8 cm³/mol. The molecular weight excluding hydrogens is 230 g/mol. The molecule has 1 heterocycles. The Balaban J connectivity index is 1.91. The van der Waals surface area contributed by atoms with Gasteiger partial charge < -0.3 is 5.73 Å². The molecule has 1 aliphatic carbocycles. The van der Waals surface area contributed by atoms with Crippen molar-refractivity contribution in [2.24, 2.45) is 5.73 Å². The number of hydrogen-bond donors (Lipinski definition) is 1. The molecule has 1 fully saturated rings. The van der Waals surface area contributed by atoms with Crippen molar-refractivity contribution in [2.75, 3.05) is 0 Å². The van der Waals surface area contributed by atoms with Crippen LogP contribution in [-0.4, -0.2) is 15.2 Å². The lowest BCUT2D eigenvalue weighted by molar-refractivity contribution is 0.516. The summed E-state index contributed by atoms with van der Waals surface area (Å²) in [5.41, 5.74) is 7.61. The van der Waals surface area contributed by atoms with E-state index in [0.717, 1.165) is 28.2 Å². The lowest BCUT2D eigenvalue weighted by Gasteiger charge is -2.20. The molecule has 0 spiro atoms. The van der Waals surface area contributed by atoms with Crippen molar-refractivity contribution in [3.8, 4) is 0 Å². The van der Waals surface area contributed by atoms with Crippen molar-refractivity contribution in [3.05, 3.63) is 23.3 Å². The smallest absolute Gasteiger partial charge is 0.138 e. The second kappa shape index (κ2) is 6.36. The van der Waals surface area contributed by atoms with E-state index in [1.807, 2.05) is 24.8 Å². The Kier molecular flexibility index (Phi) is 4.80. The largest absolute Gasteiger partial charge is 0.325 e. The second-order valence-electron chi connectivity index (χ2n) is 4.69. The Morgan fingerprint density at radius 1 is 1.29 bits per heavy atom. The van der Waals surface area contributed by atoms with Gasteiger partial charge in [0.1, 0.15) is 5.82 Å². The van der Waals surface area contributed by atoms with Gasteiger partial charge in [-0.2, -0.15) is 11.8 Å². The van der Waals surface area contributed by atoms with Gasteiger partial charge in [-0.15, -0.1) is 0 Å². The summed E-state index contributed by atoms with van der Waals surface area (Å²) in [7, 11) is 0. The summed E-state index contributed by atoms with van der Waals surface area (Å²) < 4.78 is 0. The van der Waals surface area contributed by atoms with Crippen molar-refractivity contribution >= 4 is 11.8 Å². The van der Waals surface area contributed by atoms with E-state index in [1.54, 1.807) is 0 Å². The van der Waals surface area contributed by atoms with Gasteiger partial charge >= 0.3 is 0 Å². The monoisotopic (exact) mass is 251 g/mol. The summed E-state index contributed by atoms with van der Waals surface area (Å²) in [5, 5.41) is 0.814. The van der Waals surface area contributed by atoms with Crippen LogP contribution in [0.1, 0.15) is 49.3 Å². The Morgan fingerprint density at radius 2 is 2.06 bits per heavy atom. The highest BCUT2D eigenvalue weighted by Crippen LogP contribution is 2.29. The number of nitrogens with zero attached hydrogens (tertiary/aromatic N) is 2. The number of hydrogen-bond acceptors (Lipinski definition) is 4. The zero-order valence-electron chi connectivity index (χ0n) is 10.5. The molecular formula is C13H21N3S. The van der Waals surface area contributed by atoms with Crippen LogP contribution in [0.2, 0.25) is 0 Å². The minimum absolute atomic E-state index is 0.504. The van der Waals surface area contributed by atoms with Gasteiger partial charge in [-0.25, -0.2) is 9.97 Å². The van der Waals surface area contributed by atoms with Gasteiger partial charge in [-0.3, -0.25) is 0 Å². The number of aryl methyl sites for hydroxylation is 1. The summed E-state index contributed by atoms with van der Waals surface area (Å²) >= 11 is 2.01. The van der Waals surface area contributed by atoms with E-state index in [1.165, 1.54) is 32.1 Å². The summed E-state index contributed by atoms with van der Waals surface area (Å²) in [6.07, 6.45) is 6.91. The van der Waals surface area contributed by atoms with E-state index in [4.69, 9.17) is 5.73 Å². The minimum atomic E-state index is 0.504. The first-order valence-electron chi connectivity index (χ1n) is 6.43. The van der Waals surface area contributed by atoms with Gasteiger partial charge in [-0.1, -0.05) is 19.3 Å². The maximum Gasteiger partial charge on any atom is 0.138 e. The zero-order chi connectivity index (χ0) is 12.1. The second-order valence-corrected chi connectivity index (χ2v) is 5.98. The van der Waals surface area contributed by atoms with Crippen molar-refractivity contribution in [2.45, 2.75) is 56.6 Å². The standard InChI is InChI=1S/C13H21N3S/c1-10-7-11(8-14)16-13(15-10)9-17-12-5-3-2-4-6-12/h7,12H,2-6,8-9,14H2,1H3. The Labute approximate surface area is 108 Å². The van der Waals surface area contributed by atoms with Gasteiger partial charge in [0.15, 0.2) is 0 Å². The first-order chi connectivity index (χ1) is 8.28. The third-order valence-corrected chi connectivity index (χ3v) is 4.53. The molecule has 0 saturated heterocycles. The molecule has 0 amide bonds. The van der Waals surface area contributed by atoms with Crippen LogP contribution in [0.15, 0.2) is 6.07 Å². The molecule has 4 heteroatoms. The summed E-state index contributed by atoms with van der Waals surface area (Å²) in [6, 6.07) is 1.97. The van der Waals surface area contributed by atoms with E-state index in [-0.39, 0.29) is 0 Å². The molecule has 1 aliphatic rings. The molecule has 1 saturated carbocycles. The van der Waals surface area contributed by atoms with Crippen molar-refractivity contribution in [3.63, 3.8) is 0 Å². The van der Waals surface area contributed by atoms with Gasteiger partial charge in [0.05, 0.1) is 11.4 Å². The molecule has 3 nitrogen and oxygen atoms in total. The average molecular weight is 251 g/mol. The van der Waals surface area contributed by atoms with Crippen LogP contribution in [0.3, 0.4) is 0 Å². The Hall–Kier alpha value is -0.610. The molecule has 17 heavy (non-hydrogen) atoms. The van der Waals surface area contributed by atoms with Crippen LogP contribution < -0.4 is 5.73 Å². The fraction of sp³-hybridized carbons (Fsp3) is 0.692. The SMILES string of the molecule is Cc1cc(CN)nc(CSC2CCCCC2)n1. The molecule has 1 aromatic rings. The fourth-order valence-corrected chi connectivity index (χ4v) is 3.47. The van der Waals surface area contributed by atoms with Crippen LogP contribution in [0.4, 0.5) is 0 Å². The Morgan fingerprint density at radius 3 is 2.76 bits per heavy atom. The molecule has 2 rings (SSSR count). The van der Waals surface area contributed by atoms with Gasteiger partial charge in [0.2, 0.25) is 0 Å². The van der Waals surface area contributed by atoms with Gasteiger partial charge in [0.25, 0.3) is 0 Å². The molecule has 0 aliphatic heterocycles. The van der Waals surface area contributed by atoms with Crippen LogP contribution in [0.5, 0.6) is 0 Å². The van der Waals surface area contributed by atoms with Crippen LogP contribution in [-0.2, 0) is 12.3 Å². The topological polar surface area (TPSA) is 51.8 Å². The molecule has 94 valence electrons. The normalized spacial score (nSPS) is 17.3. The highest BCUT2D eigenvalue weighted by Gasteiger charge is 2.14. The summed E-state index contributed by atoms with van der Waals surface area (Å²) in [4.78, 5) is 8.96. The van der Waals surface area contributed by atoms with Gasteiger partial charge in [-0.05, 0) is 25.8 Å². The minimum Gasteiger partial charge on any atom is -0.325 e. The Bertz CT molecular complexity index is 362. The lowest BCUT2D eigenvalue weighted by Crippen LogP contribution is -2.10. The van der Waals surface area contributed by atoms with Crippen molar-refractivity contribution in [1.82, 2.24) is 9.97 Å². The average Bonchev–Trinajstić information content (AvgIpc) is 2.37. The quantitative estimate of drug-likeness (QED) is 0.894. The van der Waals surface area contributed by atoms with Crippen molar-refractivity contribution in [1.29, 1.82) is 0 Å². The number of rotatable bonds is 4. The predicted octanol–water partition coefficient (Wildman–Crippen LogP) is 2.81. The van der Waals surface area contributed by atoms with Crippen LogP contribution in [0.25, 0.3) is 0 Å². The van der Waals surface area contributed by atoms with E-state index >= 15 is 0 Å². The first kappa shape index (κ1) is 12.8. The maximum absolute atomic E-state index is 5.63. The van der Waals surface area contributed by atoms with E-state index in [9.17, 15) is 0 Å².